The Balaban J connectivity index is 2.79. The molecule has 18 heavy (non-hydrogen) atoms. The van der Waals surface area contributed by atoms with E-state index in [-0.39, 0.29) is 22.8 Å². The van der Waals surface area contributed by atoms with Gasteiger partial charge in [-0.15, -0.1) is 0 Å². The first-order valence-electron chi connectivity index (χ1n) is 5.72. The minimum Gasteiger partial charge on any atom is -0.489 e. The van der Waals surface area contributed by atoms with E-state index in [0.29, 0.717) is 19.0 Å². The fraction of sp³-hybridized carbons (Fsp3) is 0.583. The molecule has 6 nitrogen and oxygen atoms in total. The number of hydrogen-bond acceptors (Lipinski definition) is 5. The van der Waals surface area contributed by atoms with Gasteiger partial charge >= 0.3 is 0 Å². The maximum Gasteiger partial charge on any atom is 0.296 e. The van der Waals surface area contributed by atoms with Crippen molar-refractivity contribution >= 4 is 5.78 Å². The highest BCUT2D eigenvalue weighted by Gasteiger charge is 2.33. The van der Waals surface area contributed by atoms with Gasteiger partial charge in [-0.3, -0.25) is 14.2 Å². The molecule has 98 valence electrons. The van der Waals surface area contributed by atoms with Gasteiger partial charge in [-0.1, -0.05) is 0 Å². The van der Waals surface area contributed by atoms with E-state index in [1.54, 1.807) is 0 Å². The maximum absolute atomic E-state index is 12.2. The third-order valence-corrected chi connectivity index (χ3v) is 2.98. The van der Waals surface area contributed by atoms with Gasteiger partial charge in [0, 0.05) is 6.92 Å². The van der Waals surface area contributed by atoms with Crippen molar-refractivity contribution in [1.29, 1.82) is 0 Å². The summed E-state index contributed by atoms with van der Waals surface area (Å²) in [5.41, 5.74) is -0.954. The van der Waals surface area contributed by atoms with Crippen molar-refractivity contribution in [3.05, 3.63) is 21.9 Å². The van der Waals surface area contributed by atoms with Crippen LogP contribution in [0.5, 0.6) is 5.75 Å². The van der Waals surface area contributed by atoms with Crippen molar-refractivity contribution in [2.45, 2.75) is 32.9 Å². The summed E-state index contributed by atoms with van der Waals surface area (Å²) < 4.78 is 12.1. The molecule has 0 radical (unpaired) electrons. The molecule has 1 aromatic rings. The number of ether oxygens (including phenoxy) is 2. The molecular weight excluding hydrogens is 236 g/mol. The number of fused-ring (bicyclic) bond motifs is 1. The normalized spacial score (nSPS) is 17.1. The average Bonchev–Trinajstić information content (AvgIpc) is 2.29. The molecule has 0 bridgehead atoms. The van der Waals surface area contributed by atoms with Crippen molar-refractivity contribution in [1.82, 2.24) is 9.55 Å². The van der Waals surface area contributed by atoms with Crippen LogP contribution in [0.2, 0.25) is 0 Å². The van der Waals surface area contributed by atoms with Crippen LogP contribution in [0.25, 0.3) is 0 Å². The van der Waals surface area contributed by atoms with Crippen LogP contribution in [-0.2, 0) is 16.9 Å². The number of carbonyl (C=O) groups excluding carboxylic acids is 1. The van der Waals surface area contributed by atoms with Crippen LogP contribution < -0.4 is 10.3 Å². The highest BCUT2D eigenvalue weighted by molar-refractivity contribution is 5.94. The molecule has 0 unspecified atom stereocenters. The van der Waals surface area contributed by atoms with Crippen molar-refractivity contribution < 1.29 is 14.3 Å². The molecule has 0 atom stereocenters. The fourth-order valence-electron chi connectivity index (χ4n) is 2.08. The predicted octanol–water partition coefficient (Wildman–Crippen LogP) is 0.720. The van der Waals surface area contributed by atoms with Crippen molar-refractivity contribution in [3.63, 3.8) is 0 Å². The Labute approximate surface area is 105 Å². The average molecular weight is 252 g/mol. The predicted molar refractivity (Wildman–Crippen MR) is 64.0 cm³/mol. The van der Waals surface area contributed by atoms with E-state index in [4.69, 9.17) is 9.47 Å². The fourth-order valence-corrected chi connectivity index (χ4v) is 2.08. The molecule has 2 heterocycles. The largest absolute Gasteiger partial charge is 0.489 e. The monoisotopic (exact) mass is 252 g/mol. The van der Waals surface area contributed by atoms with Crippen LogP contribution in [0, 0.1) is 0 Å². The van der Waals surface area contributed by atoms with E-state index >= 15 is 0 Å². The molecular formula is C12H16N2O4. The van der Waals surface area contributed by atoms with Crippen LogP contribution in [0.15, 0.2) is 4.79 Å². The number of carbonyl (C=O) groups is 1. The second kappa shape index (κ2) is 4.20. The van der Waals surface area contributed by atoms with Crippen LogP contribution in [0.1, 0.15) is 37.1 Å². The summed E-state index contributed by atoms with van der Waals surface area (Å²) >= 11 is 0. The van der Waals surface area contributed by atoms with Gasteiger partial charge in [0.1, 0.15) is 11.4 Å². The Morgan fingerprint density at radius 3 is 2.72 bits per heavy atom. The van der Waals surface area contributed by atoms with Crippen LogP contribution in [0.4, 0.5) is 0 Å². The molecule has 0 spiro atoms. The summed E-state index contributed by atoms with van der Waals surface area (Å²) in [7, 11) is 1.36. The maximum atomic E-state index is 12.2. The van der Waals surface area contributed by atoms with E-state index < -0.39 is 5.60 Å². The molecule has 0 amide bonds. The first kappa shape index (κ1) is 12.8. The Morgan fingerprint density at radius 2 is 2.17 bits per heavy atom. The lowest BCUT2D eigenvalue weighted by atomic mass is 10.1. The molecule has 2 rings (SSSR count). The third kappa shape index (κ3) is 1.82. The van der Waals surface area contributed by atoms with E-state index in [2.05, 4.69) is 4.98 Å². The zero-order valence-electron chi connectivity index (χ0n) is 10.9. The van der Waals surface area contributed by atoms with Gasteiger partial charge in [0.15, 0.2) is 11.5 Å². The topological polar surface area (TPSA) is 70.4 Å². The van der Waals surface area contributed by atoms with E-state index in [1.165, 1.54) is 18.6 Å². The lowest BCUT2D eigenvalue weighted by Crippen LogP contribution is -2.42. The van der Waals surface area contributed by atoms with Crippen LogP contribution in [-0.4, -0.2) is 29.1 Å². The van der Waals surface area contributed by atoms with E-state index in [0.717, 1.165) is 0 Å². The van der Waals surface area contributed by atoms with Gasteiger partial charge in [0.2, 0.25) is 5.75 Å². The number of Topliss-reactive ketones (excluding diaryl/α,β-unsaturated/α-hetero) is 1. The molecule has 0 saturated carbocycles. The molecule has 6 heteroatoms. The highest BCUT2D eigenvalue weighted by atomic mass is 16.5. The summed E-state index contributed by atoms with van der Waals surface area (Å²) in [4.78, 5) is 28.1. The van der Waals surface area contributed by atoms with Crippen molar-refractivity contribution in [2.75, 3.05) is 13.7 Å². The number of ketones is 1. The summed E-state index contributed by atoms with van der Waals surface area (Å²) in [6.07, 6.45) is 0. The Morgan fingerprint density at radius 1 is 1.50 bits per heavy atom. The Bertz CT molecular complexity index is 560. The molecule has 1 aromatic heterocycles. The molecule has 0 N–H and O–H groups in total. The first-order chi connectivity index (χ1) is 8.38. The van der Waals surface area contributed by atoms with Crippen LogP contribution in [0.3, 0.4) is 0 Å². The summed E-state index contributed by atoms with van der Waals surface area (Å²) in [5.74, 6) is 0.169. The second-order valence-corrected chi connectivity index (χ2v) is 4.69. The number of hydrogen-bond donors (Lipinski definition) is 0. The Kier molecular flexibility index (Phi) is 2.98. The molecule has 1 aliphatic rings. The van der Waals surface area contributed by atoms with Gasteiger partial charge in [0.25, 0.3) is 5.56 Å². The molecule has 0 fully saturated rings. The molecule has 0 aliphatic carbocycles. The molecule has 1 aliphatic heterocycles. The lowest BCUT2D eigenvalue weighted by Gasteiger charge is -2.32. The standard InChI is InChI=1S/C12H16N2O4/c1-7(15)8-9(17-4)10(16)14-5-6-18-12(2,3)11(14)13-8/h5-6H2,1-4H3. The van der Waals surface area contributed by atoms with Crippen molar-refractivity contribution in [3.8, 4) is 5.75 Å². The van der Waals surface area contributed by atoms with Crippen molar-refractivity contribution in [2.24, 2.45) is 0 Å². The van der Waals surface area contributed by atoms with Crippen LogP contribution >= 0.6 is 0 Å². The number of aromatic nitrogens is 2. The minimum absolute atomic E-state index is 0.00366. The van der Waals surface area contributed by atoms with Gasteiger partial charge < -0.3 is 9.47 Å². The second-order valence-electron chi connectivity index (χ2n) is 4.69. The zero-order chi connectivity index (χ0) is 13.5. The third-order valence-electron chi connectivity index (χ3n) is 2.98. The SMILES string of the molecule is COc1c(C(C)=O)nc2n(c1=O)CCOC2(C)C. The van der Waals surface area contributed by atoms with Gasteiger partial charge in [-0.25, -0.2) is 4.98 Å². The van der Waals surface area contributed by atoms with Gasteiger partial charge in [0.05, 0.1) is 20.3 Å². The number of nitrogens with zero attached hydrogens (tertiary/aromatic N) is 2. The first-order valence-corrected chi connectivity index (χ1v) is 5.72. The number of methoxy groups -OCH3 is 1. The Hall–Kier alpha value is -1.69. The lowest BCUT2D eigenvalue weighted by molar-refractivity contribution is -0.0566. The van der Waals surface area contributed by atoms with Gasteiger partial charge in [-0.05, 0) is 13.8 Å². The summed E-state index contributed by atoms with van der Waals surface area (Å²) in [6.45, 7) is 5.85. The summed E-state index contributed by atoms with van der Waals surface area (Å²) in [5, 5.41) is 0. The summed E-state index contributed by atoms with van der Waals surface area (Å²) in [6, 6.07) is 0. The smallest absolute Gasteiger partial charge is 0.296 e. The molecule has 0 saturated heterocycles. The zero-order valence-corrected chi connectivity index (χ0v) is 10.9. The highest BCUT2D eigenvalue weighted by Crippen LogP contribution is 2.27. The quantitative estimate of drug-likeness (QED) is 0.725. The van der Waals surface area contributed by atoms with E-state index in [1.807, 2.05) is 13.8 Å². The van der Waals surface area contributed by atoms with Gasteiger partial charge in [-0.2, -0.15) is 0 Å². The minimum atomic E-state index is -0.687. The number of rotatable bonds is 2. The van der Waals surface area contributed by atoms with E-state index in [9.17, 15) is 9.59 Å². The molecule has 0 aromatic carbocycles.